The van der Waals surface area contributed by atoms with Gasteiger partial charge in [-0.1, -0.05) is 201 Å². The van der Waals surface area contributed by atoms with Crippen LogP contribution >= 0.6 is 0 Å². The van der Waals surface area contributed by atoms with Crippen LogP contribution in [0.3, 0.4) is 0 Å². The average molecular weight is 1160 g/mol. The molecule has 4 nitrogen and oxygen atoms in total. The molecule has 74 heavy (non-hydrogen) atoms. The molecular weight excluding hydrogens is 1080 g/mol. The third-order valence-electron chi connectivity index (χ3n) is 15.6. The zero-order valence-corrected chi connectivity index (χ0v) is 48.9. The van der Waals surface area contributed by atoms with Gasteiger partial charge < -0.3 is 5.11 Å². The van der Waals surface area contributed by atoms with Gasteiger partial charge >= 0.3 is 0 Å². The molecule has 0 saturated heterocycles. The van der Waals surface area contributed by atoms with Crippen molar-refractivity contribution in [2.24, 2.45) is 0 Å². The van der Waals surface area contributed by atoms with Crippen LogP contribution in [0.4, 0.5) is 0 Å². The van der Waals surface area contributed by atoms with E-state index in [0.29, 0.717) is 11.4 Å². The van der Waals surface area contributed by atoms with Crippen molar-refractivity contribution in [2.75, 3.05) is 0 Å². The van der Waals surface area contributed by atoms with E-state index in [9.17, 15) is 5.11 Å². The summed E-state index contributed by atoms with van der Waals surface area (Å²) in [5, 5.41) is 15.5. The molecule has 9 aromatic rings. The first-order valence-corrected chi connectivity index (χ1v) is 26.3. The van der Waals surface area contributed by atoms with Crippen molar-refractivity contribution in [2.45, 2.75) is 150 Å². The molecule has 0 saturated carbocycles. The molecular formula is C69H74N3OPt-. The summed E-state index contributed by atoms with van der Waals surface area (Å²) in [6, 6.07) is 52.9. The molecule has 0 fully saturated rings. The molecule has 0 radical (unpaired) electrons. The predicted octanol–water partition coefficient (Wildman–Crippen LogP) is 18.6. The van der Waals surface area contributed by atoms with E-state index in [4.69, 9.17) is 9.97 Å². The Kier molecular flexibility index (Phi) is 13.1. The summed E-state index contributed by atoms with van der Waals surface area (Å²) in [6.45, 7) is 36.6. The third kappa shape index (κ3) is 9.51. The van der Waals surface area contributed by atoms with Crippen molar-refractivity contribution in [3.8, 4) is 67.5 Å². The molecule has 7 aromatic carbocycles. The fourth-order valence-corrected chi connectivity index (χ4v) is 11.6. The number of hydrogen-bond donors (Lipinski definition) is 1. The Morgan fingerprint density at radius 2 is 1.16 bits per heavy atom. The molecule has 5 heteroatoms. The number of phenolic OH excluding ortho intramolecular Hbond substituents is 1. The topological polar surface area (TPSA) is 50.9 Å². The van der Waals surface area contributed by atoms with Gasteiger partial charge in [0.2, 0.25) is 0 Å². The van der Waals surface area contributed by atoms with Gasteiger partial charge in [0.25, 0.3) is 0 Å². The second-order valence-corrected chi connectivity index (χ2v) is 26.5. The monoisotopic (exact) mass is 1160 g/mol. The third-order valence-corrected chi connectivity index (χ3v) is 15.6. The smallest absolute Gasteiger partial charge is 0.148 e. The van der Waals surface area contributed by atoms with Crippen LogP contribution in [0.15, 0.2) is 140 Å². The van der Waals surface area contributed by atoms with Crippen molar-refractivity contribution < 1.29 is 26.2 Å². The van der Waals surface area contributed by atoms with Crippen molar-refractivity contribution in [1.29, 1.82) is 0 Å². The fraction of sp³-hybridized carbons (Fsp3) is 0.333. The number of aromatic hydroxyl groups is 1. The van der Waals surface area contributed by atoms with Gasteiger partial charge in [0.15, 0.2) is 0 Å². The van der Waals surface area contributed by atoms with Gasteiger partial charge in [-0.15, -0.1) is 29.3 Å². The van der Waals surface area contributed by atoms with Gasteiger partial charge in [0.1, 0.15) is 11.6 Å². The van der Waals surface area contributed by atoms with Crippen molar-refractivity contribution in [3.05, 3.63) is 179 Å². The summed E-state index contributed by atoms with van der Waals surface area (Å²) in [6.07, 6.45) is 2.95. The molecule has 2 aromatic heterocycles. The van der Waals surface area contributed by atoms with E-state index in [2.05, 4.69) is 255 Å². The summed E-state index contributed by atoms with van der Waals surface area (Å²) < 4.78 is 2.34. The normalized spacial score (nSPS) is 14.6. The molecule has 0 spiro atoms. The maximum Gasteiger partial charge on any atom is 0.148 e. The SMILES string of the molecule is CC(C)(C)c1cc(-c2cc(-c3ccccc3)ccn2)[c-]c(-c2cccc3c2nc(-c2cc(C(C)(C)C)cc(C(C)(C)C)c2O)n3-c2ccc(C(C)(C)C)cc2-c2cc3c4c(cccc4c2)C(C)(C)CC3(C)C)c1.[Pt]. The second kappa shape index (κ2) is 18.3. The summed E-state index contributed by atoms with van der Waals surface area (Å²) in [5.41, 5.74) is 18.1. The van der Waals surface area contributed by atoms with E-state index in [1.807, 2.05) is 6.20 Å². The Bertz CT molecular complexity index is 3640. The van der Waals surface area contributed by atoms with Crippen LogP contribution in [-0.2, 0) is 53.6 Å². The minimum absolute atomic E-state index is 0. The zero-order chi connectivity index (χ0) is 52.4. The second-order valence-electron chi connectivity index (χ2n) is 26.5. The maximum atomic E-state index is 12.8. The van der Waals surface area contributed by atoms with E-state index in [1.54, 1.807) is 0 Å². The Morgan fingerprint density at radius 1 is 0.527 bits per heavy atom. The first-order chi connectivity index (χ1) is 34.1. The molecule has 10 rings (SSSR count). The van der Waals surface area contributed by atoms with E-state index >= 15 is 0 Å². The van der Waals surface area contributed by atoms with Crippen LogP contribution in [0.5, 0.6) is 5.75 Å². The minimum atomic E-state index is -0.348. The van der Waals surface area contributed by atoms with Gasteiger partial charge in [-0.05, 0) is 131 Å². The van der Waals surface area contributed by atoms with E-state index < -0.39 is 0 Å². The molecule has 0 aliphatic heterocycles. The summed E-state index contributed by atoms with van der Waals surface area (Å²) in [7, 11) is 0. The Hall–Kier alpha value is -6.09. The molecule has 1 aliphatic carbocycles. The van der Waals surface area contributed by atoms with E-state index in [-0.39, 0.29) is 59.3 Å². The van der Waals surface area contributed by atoms with Crippen LogP contribution in [0.2, 0.25) is 0 Å². The zero-order valence-electron chi connectivity index (χ0n) is 46.6. The number of para-hydroxylation sites is 1. The Balaban J connectivity index is 0.00000672. The molecule has 0 amide bonds. The number of rotatable bonds is 6. The van der Waals surface area contributed by atoms with Crippen LogP contribution in [0.25, 0.3) is 83.5 Å². The number of phenols is 1. The summed E-state index contributed by atoms with van der Waals surface area (Å²) in [5.74, 6) is 0.948. The van der Waals surface area contributed by atoms with Gasteiger partial charge in [-0.25, -0.2) is 4.98 Å². The van der Waals surface area contributed by atoms with Crippen LogP contribution < -0.4 is 0 Å². The Morgan fingerprint density at radius 3 is 1.84 bits per heavy atom. The number of nitrogens with zero attached hydrogens (tertiary/aromatic N) is 3. The van der Waals surface area contributed by atoms with Gasteiger partial charge in [-0.2, -0.15) is 0 Å². The van der Waals surface area contributed by atoms with E-state index in [1.165, 1.54) is 38.6 Å². The number of hydrogen-bond acceptors (Lipinski definition) is 3. The van der Waals surface area contributed by atoms with Crippen molar-refractivity contribution in [1.82, 2.24) is 14.5 Å². The van der Waals surface area contributed by atoms with Crippen LogP contribution in [-0.4, -0.2) is 19.6 Å². The van der Waals surface area contributed by atoms with Gasteiger partial charge in [0.05, 0.1) is 22.3 Å². The molecule has 2 heterocycles. The maximum absolute atomic E-state index is 12.8. The number of fused-ring (bicyclic) bond motifs is 1. The average Bonchev–Trinajstić information content (AvgIpc) is 3.71. The number of aromatic nitrogens is 3. The van der Waals surface area contributed by atoms with Gasteiger partial charge in [-0.3, -0.25) is 9.55 Å². The summed E-state index contributed by atoms with van der Waals surface area (Å²) >= 11 is 0. The standard InChI is InChI=1S/C69H74N3O.Pt/c1-64(2,3)48-28-29-58(52(38-48)46-32-44-24-20-26-54-60(44)55(36-46)69(15,16)41-68(54,13)14)72-59-27-21-25-51(61(59)71-63(72)53-39-50(66(7,8)9)40-56(62(53)73)67(10,11)12)45-33-47(35-49(34-45)65(4,5)6)57-37-43(30-31-70-57)42-22-18-17-19-23-42;/h17-32,34-40,73H,41H2,1-16H3;/q-1;. The predicted molar refractivity (Wildman–Crippen MR) is 310 cm³/mol. The Labute approximate surface area is 456 Å². The fourth-order valence-electron chi connectivity index (χ4n) is 11.6. The molecule has 1 aliphatic rings. The molecule has 1 N–H and O–H groups in total. The van der Waals surface area contributed by atoms with Gasteiger partial charge in [0, 0.05) is 44.1 Å². The number of benzene rings is 7. The molecule has 0 bridgehead atoms. The van der Waals surface area contributed by atoms with Crippen LogP contribution in [0.1, 0.15) is 151 Å². The molecule has 0 unspecified atom stereocenters. The van der Waals surface area contributed by atoms with Crippen molar-refractivity contribution in [3.63, 3.8) is 0 Å². The van der Waals surface area contributed by atoms with E-state index in [0.717, 1.165) is 73.3 Å². The first-order valence-electron chi connectivity index (χ1n) is 26.3. The number of imidazole rings is 1. The minimum Gasteiger partial charge on any atom is -0.507 e. The largest absolute Gasteiger partial charge is 0.507 e. The molecule has 382 valence electrons. The quantitative estimate of drug-likeness (QED) is 0.169. The summed E-state index contributed by atoms with van der Waals surface area (Å²) in [4.78, 5) is 10.8. The van der Waals surface area contributed by atoms with Crippen molar-refractivity contribution >= 4 is 21.8 Å². The molecule has 0 atom stereocenters. The van der Waals surface area contributed by atoms with Crippen LogP contribution in [0, 0.1) is 6.07 Å². The first kappa shape index (κ1) is 52.8. The number of pyridine rings is 1.